The summed E-state index contributed by atoms with van der Waals surface area (Å²) >= 11 is 0. The number of nitrogens with one attached hydrogen (secondary N) is 2. The fraction of sp³-hybridized carbons (Fsp3) is 1.00. The lowest BCUT2D eigenvalue weighted by atomic mass is 10.1. The minimum atomic E-state index is 0.784. The van der Waals surface area contributed by atoms with Crippen molar-refractivity contribution in [2.75, 3.05) is 19.6 Å². The Kier molecular flexibility index (Phi) is 5.37. The molecule has 1 atom stereocenters. The quantitative estimate of drug-likeness (QED) is 0.625. The van der Waals surface area contributed by atoms with Crippen LogP contribution in [-0.4, -0.2) is 25.7 Å². The third kappa shape index (κ3) is 4.07. The van der Waals surface area contributed by atoms with Crippen molar-refractivity contribution in [3.8, 4) is 0 Å². The molecule has 0 spiro atoms. The van der Waals surface area contributed by atoms with Gasteiger partial charge in [-0.25, -0.2) is 0 Å². The maximum Gasteiger partial charge on any atom is 0.00796 e. The van der Waals surface area contributed by atoms with Crippen molar-refractivity contribution in [1.29, 1.82) is 0 Å². The smallest absolute Gasteiger partial charge is 0.00796 e. The average Bonchev–Trinajstić information content (AvgIpc) is 2.33. The molecule has 1 aliphatic rings. The van der Waals surface area contributed by atoms with Gasteiger partial charge in [-0.1, -0.05) is 13.3 Å². The highest BCUT2D eigenvalue weighted by atomic mass is 14.9. The molecule has 0 saturated carbocycles. The summed E-state index contributed by atoms with van der Waals surface area (Å²) in [4.78, 5) is 0. The Balaban J connectivity index is 2.04. The van der Waals surface area contributed by atoms with E-state index < -0.39 is 0 Å². The van der Waals surface area contributed by atoms with Gasteiger partial charge in [0.05, 0.1) is 0 Å². The molecule has 0 aliphatic carbocycles. The van der Waals surface area contributed by atoms with Crippen LogP contribution in [0.2, 0.25) is 0 Å². The Hall–Kier alpha value is -0.0800. The minimum absolute atomic E-state index is 0.784. The van der Waals surface area contributed by atoms with E-state index in [1.54, 1.807) is 0 Å². The summed E-state index contributed by atoms with van der Waals surface area (Å²) in [5.41, 5.74) is 0. The van der Waals surface area contributed by atoms with E-state index >= 15 is 0 Å². The number of hydrogen-bond acceptors (Lipinski definition) is 2. The molecule has 12 heavy (non-hydrogen) atoms. The van der Waals surface area contributed by atoms with Crippen LogP contribution >= 0.6 is 0 Å². The Bertz CT molecular complexity index is 96.0. The van der Waals surface area contributed by atoms with Gasteiger partial charge in [-0.15, -0.1) is 0 Å². The van der Waals surface area contributed by atoms with Crippen LogP contribution in [0.4, 0.5) is 0 Å². The van der Waals surface area contributed by atoms with E-state index in [0.29, 0.717) is 0 Å². The van der Waals surface area contributed by atoms with Crippen LogP contribution in [0.3, 0.4) is 0 Å². The zero-order valence-electron chi connectivity index (χ0n) is 8.23. The first kappa shape index (κ1) is 10.0. The molecule has 1 fully saturated rings. The van der Waals surface area contributed by atoms with Gasteiger partial charge in [0.15, 0.2) is 0 Å². The standard InChI is InChI=1S/C10H22N2/c1-2-3-8-12-10-5-4-7-11-9-6-10/h10-12H,2-9H2,1H3. The molecule has 1 heterocycles. The summed E-state index contributed by atoms with van der Waals surface area (Å²) in [6.45, 7) is 5.87. The van der Waals surface area contributed by atoms with Gasteiger partial charge >= 0.3 is 0 Å². The van der Waals surface area contributed by atoms with E-state index in [1.165, 1.54) is 51.7 Å². The van der Waals surface area contributed by atoms with Gasteiger partial charge in [0, 0.05) is 6.04 Å². The van der Waals surface area contributed by atoms with Gasteiger partial charge in [-0.3, -0.25) is 0 Å². The maximum atomic E-state index is 3.62. The van der Waals surface area contributed by atoms with Crippen molar-refractivity contribution in [2.45, 2.75) is 45.1 Å². The molecule has 2 heteroatoms. The van der Waals surface area contributed by atoms with Crippen LogP contribution in [0.25, 0.3) is 0 Å². The van der Waals surface area contributed by atoms with Crippen LogP contribution in [0.5, 0.6) is 0 Å². The first-order valence-electron chi connectivity index (χ1n) is 5.37. The van der Waals surface area contributed by atoms with E-state index in [0.717, 1.165) is 6.04 Å². The van der Waals surface area contributed by atoms with Crippen LogP contribution in [0.1, 0.15) is 39.0 Å². The van der Waals surface area contributed by atoms with Gasteiger partial charge in [-0.2, -0.15) is 0 Å². The molecule has 1 unspecified atom stereocenters. The number of rotatable bonds is 4. The second-order valence-electron chi connectivity index (χ2n) is 3.69. The molecule has 1 saturated heterocycles. The molecular formula is C10H22N2. The minimum Gasteiger partial charge on any atom is -0.317 e. The normalized spacial score (nSPS) is 25.2. The predicted octanol–water partition coefficient (Wildman–Crippen LogP) is 1.52. The zero-order valence-corrected chi connectivity index (χ0v) is 8.23. The molecule has 0 amide bonds. The largest absolute Gasteiger partial charge is 0.317 e. The van der Waals surface area contributed by atoms with E-state index in [-0.39, 0.29) is 0 Å². The van der Waals surface area contributed by atoms with Crippen molar-refractivity contribution in [2.24, 2.45) is 0 Å². The number of unbranched alkanes of at least 4 members (excludes halogenated alkanes) is 1. The fourth-order valence-corrected chi connectivity index (χ4v) is 1.71. The Morgan fingerprint density at radius 2 is 2.25 bits per heavy atom. The monoisotopic (exact) mass is 170 g/mol. The Morgan fingerprint density at radius 3 is 3.08 bits per heavy atom. The summed E-state index contributed by atoms with van der Waals surface area (Å²) in [6.07, 6.45) is 6.63. The predicted molar refractivity (Wildman–Crippen MR) is 53.4 cm³/mol. The van der Waals surface area contributed by atoms with E-state index in [2.05, 4.69) is 17.6 Å². The fourth-order valence-electron chi connectivity index (χ4n) is 1.71. The molecule has 2 N–H and O–H groups in total. The van der Waals surface area contributed by atoms with Crippen molar-refractivity contribution in [3.63, 3.8) is 0 Å². The molecule has 0 aromatic rings. The highest BCUT2D eigenvalue weighted by Gasteiger charge is 2.09. The average molecular weight is 170 g/mol. The van der Waals surface area contributed by atoms with Crippen LogP contribution < -0.4 is 10.6 Å². The lowest BCUT2D eigenvalue weighted by Crippen LogP contribution is -2.30. The van der Waals surface area contributed by atoms with Crippen molar-refractivity contribution >= 4 is 0 Å². The highest BCUT2D eigenvalue weighted by molar-refractivity contribution is 4.71. The third-order valence-electron chi connectivity index (χ3n) is 2.54. The van der Waals surface area contributed by atoms with Crippen LogP contribution in [0.15, 0.2) is 0 Å². The van der Waals surface area contributed by atoms with Crippen molar-refractivity contribution in [3.05, 3.63) is 0 Å². The zero-order chi connectivity index (χ0) is 8.65. The lowest BCUT2D eigenvalue weighted by Gasteiger charge is -2.15. The van der Waals surface area contributed by atoms with Gasteiger partial charge in [0.2, 0.25) is 0 Å². The first-order valence-corrected chi connectivity index (χ1v) is 5.37. The maximum absolute atomic E-state index is 3.62. The highest BCUT2D eigenvalue weighted by Crippen LogP contribution is 2.04. The van der Waals surface area contributed by atoms with Gasteiger partial charge in [-0.05, 0) is 45.3 Å². The van der Waals surface area contributed by atoms with Gasteiger partial charge < -0.3 is 10.6 Å². The molecule has 0 aromatic carbocycles. The Labute approximate surface area is 76.1 Å². The van der Waals surface area contributed by atoms with Crippen LogP contribution in [0, 0.1) is 0 Å². The molecule has 72 valence electrons. The summed E-state index contributed by atoms with van der Waals surface area (Å²) in [5.74, 6) is 0. The molecule has 1 rings (SSSR count). The molecule has 2 nitrogen and oxygen atoms in total. The third-order valence-corrected chi connectivity index (χ3v) is 2.54. The van der Waals surface area contributed by atoms with Crippen LogP contribution in [-0.2, 0) is 0 Å². The van der Waals surface area contributed by atoms with Gasteiger partial charge in [0.25, 0.3) is 0 Å². The van der Waals surface area contributed by atoms with E-state index in [9.17, 15) is 0 Å². The van der Waals surface area contributed by atoms with Gasteiger partial charge in [0.1, 0.15) is 0 Å². The summed E-state index contributed by atoms with van der Waals surface area (Å²) in [6, 6.07) is 0.784. The number of hydrogen-bond donors (Lipinski definition) is 2. The summed E-state index contributed by atoms with van der Waals surface area (Å²) in [7, 11) is 0. The second-order valence-corrected chi connectivity index (χ2v) is 3.69. The first-order chi connectivity index (χ1) is 5.93. The molecule has 0 aromatic heterocycles. The lowest BCUT2D eigenvalue weighted by molar-refractivity contribution is 0.463. The van der Waals surface area contributed by atoms with E-state index in [1.807, 2.05) is 0 Å². The summed E-state index contributed by atoms with van der Waals surface area (Å²) in [5, 5.41) is 7.05. The SMILES string of the molecule is CCCCNC1CCCNCC1. The summed E-state index contributed by atoms with van der Waals surface area (Å²) < 4.78 is 0. The molecule has 0 radical (unpaired) electrons. The van der Waals surface area contributed by atoms with E-state index in [4.69, 9.17) is 0 Å². The molecular weight excluding hydrogens is 148 g/mol. The molecule has 1 aliphatic heterocycles. The topological polar surface area (TPSA) is 24.1 Å². The van der Waals surface area contributed by atoms with Crippen molar-refractivity contribution in [1.82, 2.24) is 10.6 Å². The molecule has 0 bridgehead atoms. The van der Waals surface area contributed by atoms with Crippen molar-refractivity contribution < 1.29 is 0 Å². The second kappa shape index (κ2) is 6.44. The Morgan fingerprint density at radius 1 is 1.33 bits per heavy atom.